The van der Waals surface area contributed by atoms with Gasteiger partial charge in [-0.1, -0.05) is 6.07 Å². The van der Waals surface area contributed by atoms with Crippen molar-refractivity contribution in [2.24, 2.45) is 0 Å². The van der Waals surface area contributed by atoms with E-state index >= 15 is 0 Å². The number of carboxylic acid groups (broad SMARTS) is 1. The number of benzene rings is 1. The smallest absolute Gasteiger partial charge is 0.339 e. The van der Waals surface area contributed by atoms with Crippen LogP contribution in [0.15, 0.2) is 41.0 Å². The molecule has 0 saturated heterocycles. The Kier molecular flexibility index (Phi) is 2.64. The van der Waals surface area contributed by atoms with Gasteiger partial charge in [-0.3, -0.25) is 0 Å². The van der Waals surface area contributed by atoms with Gasteiger partial charge in [0.15, 0.2) is 0 Å². The van der Waals surface area contributed by atoms with E-state index in [1.165, 1.54) is 19.4 Å². The highest BCUT2D eigenvalue weighted by Gasteiger charge is 2.16. The second-order valence-electron chi connectivity index (χ2n) is 3.17. The fourth-order valence-electron chi connectivity index (χ4n) is 1.55. The van der Waals surface area contributed by atoms with E-state index in [0.717, 1.165) is 0 Å². The summed E-state index contributed by atoms with van der Waals surface area (Å²) < 4.78 is 10.3. The summed E-state index contributed by atoms with van der Waals surface area (Å²) in [4.78, 5) is 11.0. The molecule has 1 aromatic heterocycles. The van der Waals surface area contributed by atoms with Crippen LogP contribution in [-0.2, 0) is 0 Å². The molecular formula is C12H10O4. The molecule has 0 amide bonds. The van der Waals surface area contributed by atoms with Gasteiger partial charge >= 0.3 is 5.97 Å². The number of furan rings is 1. The first-order chi connectivity index (χ1) is 7.74. The number of ether oxygens (including phenoxy) is 1. The number of carboxylic acids is 1. The van der Waals surface area contributed by atoms with E-state index in [9.17, 15) is 4.79 Å². The maximum absolute atomic E-state index is 11.0. The number of hydrogen-bond acceptors (Lipinski definition) is 3. The van der Waals surface area contributed by atoms with Gasteiger partial charge in [-0.05, 0) is 24.3 Å². The SMILES string of the molecule is COc1c(C(=O)O)cccc1-c1ccco1. The monoisotopic (exact) mass is 218 g/mol. The van der Waals surface area contributed by atoms with Gasteiger partial charge in [0, 0.05) is 0 Å². The Bertz CT molecular complexity index is 500. The number of hydrogen-bond donors (Lipinski definition) is 1. The number of methoxy groups -OCH3 is 1. The topological polar surface area (TPSA) is 59.7 Å². The summed E-state index contributed by atoms with van der Waals surface area (Å²) in [5, 5.41) is 9.01. The van der Waals surface area contributed by atoms with Crippen LogP contribution in [0.1, 0.15) is 10.4 Å². The summed E-state index contributed by atoms with van der Waals surface area (Å²) in [6, 6.07) is 8.40. The van der Waals surface area contributed by atoms with E-state index < -0.39 is 5.97 Å². The normalized spacial score (nSPS) is 10.1. The Hall–Kier alpha value is -2.23. The minimum atomic E-state index is -1.02. The van der Waals surface area contributed by atoms with Crippen molar-refractivity contribution in [3.8, 4) is 17.1 Å². The van der Waals surface area contributed by atoms with Crippen LogP contribution in [0, 0.1) is 0 Å². The van der Waals surface area contributed by atoms with Crippen LogP contribution in [0.25, 0.3) is 11.3 Å². The minimum absolute atomic E-state index is 0.122. The van der Waals surface area contributed by atoms with Gasteiger partial charge in [0.2, 0.25) is 0 Å². The van der Waals surface area contributed by atoms with E-state index in [-0.39, 0.29) is 5.56 Å². The summed E-state index contributed by atoms with van der Waals surface area (Å²) in [5.41, 5.74) is 0.754. The zero-order valence-corrected chi connectivity index (χ0v) is 8.64. The molecule has 2 rings (SSSR count). The van der Waals surface area contributed by atoms with Crippen LogP contribution in [-0.4, -0.2) is 18.2 Å². The van der Waals surface area contributed by atoms with Gasteiger partial charge in [-0.25, -0.2) is 4.79 Å². The molecule has 0 radical (unpaired) electrons. The number of para-hydroxylation sites is 1. The molecular weight excluding hydrogens is 208 g/mol. The van der Waals surface area contributed by atoms with Crippen molar-refractivity contribution in [3.05, 3.63) is 42.2 Å². The molecule has 1 heterocycles. The Morgan fingerprint density at radius 1 is 1.31 bits per heavy atom. The Morgan fingerprint density at radius 2 is 2.12 bits per heavy atom. The Balaban J connectivity index is 2.62. The molecule has 0 atom stereocenters. The van der Waals surface area contributed by atoms with Crippen molar-refractivity contribution in [2.45, 2.75) is 0 Å². The fourth-order valence-corrected chi connectivity index (χ4v) is 1.55. The third-order valence-electron chi connectivity index (χ3n) is 2.24. The largest absolute Gasteiger partial charge is 0.495 e. The molecule has 1 aromatic carbocycles. The first-order valence-corrected chi connectivity index (χ1v) is 4.68. The highest BCUT2D eigenvalue weighted by atomic mass is 16.5. The number of aromatic carboxylic acids is 1. The van der Waals surface area contributed by atoms with Crippen molar-refractivity contribution in [3.63, 3.8) is 0 Å². The van der Waals surface area contributed by atoms with Crippen molar-refractivity contribution in [2.75, 3.05) is 7.11 Å². The van der Waals surface area contributed by atoms with Gasteiger partial charge in [-0.15, -0.1) is 0 Å². The summed E-state index contributed by atoms with van der Waals surface area (Å²) in [5.74, 6) is -0.129. The van der Waals surface area contributed by atoms with E-state index in [2.05, 4.69) is 0 Å². The average Bonchev–Trinajstić information content (AvgIpc) is 2.81. The van der Waals surface area contributed by atoms with E-state index in [4.69, 9.17) is 14.3 Å². The first-order valence-electron chi connectivity index (χ1n) is 4.68. The Morgan fingerprint density at radius 3 is 2.69 bits per heavy atom. The molecule has 0 aliphatic heterocycles. The summed E-state index contributed by atoms with van der Waals surface area (Å²) in [6.07, 6.45) is 1.53. The van der Waals surface area contributed by atoms with Crippen molar-refractivity contribution in [1.29, 1.82) is 0 Å². The van der Waals surface area contributed by atoms with E-state index in [0.29, 0.717) is 17.1 Å². The molecule has 0 aliphatic rings. The highest BCUT2D eigenvalue weighted by molar-refractivity contribution is 5.93. The predicted octanol–water partition coefficient (Wildman–Crippen LogP) is 2.65. The van der Waals surface area contributed by atoms with E-state index in [1.807, 2.05) is 0 Å². The zero-order chi connectivity index (χ0) is 11.5. The lowest BCUT2D eigenvalue weighted by molar-refractivity contribution is 0.0693. The van der Waals surface area contributed by atoms with Gasteiger partial charge < -0.3 is 14.3 Å². The van der Waals surface area contributed by atoms with Crippen LogP contribution in [0.4, 0.5) is 0 Å². The molecule has 0 bridgehead atoms. The van der Waals surface area contributed by atoms with Crippen LogP contribution >= 0.6 is 0 Å². The lowest BCUT2D eigenvalue weighted by Gasteiger charge is -2.08. The first kappa shape index (κ1) is 10.3. The third kappa shape index (κ3) is 1.65. The van der Waals surface area contributed by atoms with Crippen LogP contribution in [0.5, 0.6) is 5.75 Å². The molecule has 0 unspecified atom stereocenters. The Labute approximate surface area is 92.1 Å². The molecule has 0 aliphatic carbocycles. The summed E-state index contributed by atoms with van der Waals surface area (Å²) >= 11 is 0. The lowest BCUT2D eigenvalue weighted by Crippen LogP contribution is -2.01. The maximum atomic E-state index is 11.0. The van der Waals surface area contributed by atoms with Gasteiger partial charge in [0.1, 0.15) is 17.1 Å². The third-order valence-corrected chi connectivity index (χ3v) is 2.24. The second kappa shape index (κ2) is 4.10. The fraction of sp³-hybridized carbons (Fsp3) is 0.0833. The van der Waals surface area contributed by atoms with Gasteiger partial charge in [-0.2, -0.15) is 0 Å². The quantitative estimate of drug-likeness (QED) is 0.860. The second-order valence-corrected chi connectivity index (χ2v) is 3.17. The molecule has 0 spiro atoms. The maximum Gasteiger partial charge on any atom is 0.339 e. The summed E-state index contributed by atoms with van der Waals surface area (Å²) in [6.45, 7) is 0. The van der Waals surface area contributed by atoms with Crippen LogP contribution in [0.3, 0.4) is 0 Å². The highest BCUT2D eigenvalue weighted by Crippen LogP contribution is 2.33. The average molecular weight is 218 g/mol. The molecule has 0 fully saturated rings. The molecule has 4 heteroatoms. The van der Waals surface area contributed by atoms with Crippen molar-refractivity contribution >= 4 is 5.97 Å². The molecule has 1 N–H and O–H groups in total. The van der Waals surface area contributed by atoms with Crippen LogP contribution < -0.4 is 4.74 Å². The zero-order valence-electron chi connectivity index (χ0n) is 8.64. The van der Waals surface area contributed by atoms with Gasteiger partial charge in [0.05, 0.1) is 18.9 Å². The standard InChI is InChI=1S/C12H10O4/c1-15-11-8(10-6-3-7-16-10)4-2-5-9(11)12(13)14/h2-7H,1H3,(H,13,14). The number of rotatable bonds is 3. The minimum Gasteiger partial charge on any atom is -0.495 e. The molecule has 16 heavy (non-hydrogen) atoms. The molecule has 82 valence electrons. The van der Waals surface area contributed by atoms with Crippen LogP contribution in [0.2, 0.25) is 0 Å². The predicted molar refractivity (Wildman–Crippen MR) is 57.7 cm³/mol. The van der Waals surface area contributed by atoms with Gasteiger partial charge in [0.25, 0.3) is 0 Å². The van der Waals surface area contributed by atoms with E-state index in [1.54, 1.807) is 24.3 Å². The molecule has 0 saturated carbocycles. The van der Waals surface area contributed by atoms with Crippen molar-refractivity contribution < 1.29 is 19.1 Å². The lowest BCUT2D eigenvalue weighted by atomic mass is 10.1. The van der Waals surface area contributed by atoms with Crippen molar-refractivity contribution in [1.82, 2.24) is 0 Å². The molecule has 4 nitrogen and oxygen atoms in total. The molecule has 2 aromatic rings. The number of carbonyl (C=O) groups is 1. The summed E-state index contributed by atoms with van der Waals surface area (Å²) in [7, 11) is 1.44.